The zero-order valence-electron chi connectivity index (χ0n) is 7.32. The summed E-state index contributed by atoms with van der Waals surface area (Å²) in [6, 6.07) is 2.51. The smallest absolute Gasteiger partial charge is 0.120 e. The zero-order valence-corrected chi connectivity index (χ0v) is 9.32. The Bertz CT molecular complexity index is 154. The Morgan fingerprint density at radius 3 is 1.40 bits per heavy atom. The fraction of sp³-hybridized carbons (Fsp3) is 0.857. The van der Waals surface area contributed by atoms with E-state index in [2.05, 4.69) is 26.2 Å². The largest absolute Gasteiger partial charge is 0.311 e. The van der Waals surface area contributed by atoms with Crippen LogP contribution < -0.4 is 0 Å². The maximum absolute atomic E-state index is 11.7. The Hall–Kier alpha value is 0.104. The quantitative estimate of drug-likeness (QED) is 0.514. The number of hydrogen-bond acceptors (Lipinski definition) is 1. The third kappa shape index (κ3) is 1.12. The van der Waals surface area contributed by atoms with Crippen molar-refractivity contribution < 1.29 is 4.79 Å². The van der Waals surface area contributed by atoms with Crippen molar-refractivity contribution in [3.8, 4) is 0 Å². The Kier molecular flexibility index (Phi) is 1.68. The number of rotatable bonds is 0. The lowest BCUT2D eigenvalue weighted by Gasteiger charge is -2.16. The molecule has 0 saturated carbocycles. The molecule has 0 aliphatic carbocycles. The van der Waals surface area contributed by atoms with Crippen molar-refractivity contribution in [3.05, 3.63) is 0 Å². The Balaban J connectivity index is 2.88. The fourth-order valence-corrected chi connectivity index (χ4v) is 15.3. The van der Waals surface area contributed by atoms with Gasteiger partial charge in [-0.05, 0) is 0 Å². The van der Waals surface area contributed by atoms with Gasteiger partial charge in [0.15, 0.2) is 0 Å². The first-order chi connectivity index (χ1) is 4.36. The van der Waals surface area contributed by atoms with Crippen LogP contribution in [-0.4, -0.2) is 21.2 Å². The van der Waals surface area contributed by atoms with Gasteiger partial charge in [-0.3, -0.25) is 0 Å². The molecule has 0 aromatic rings. The number of carbonyl (C=O) groups is 1. The van der Waals surface area contributed by atoms with E-state index in [-0.39, 0.29) is 0 Å². The zero-order chi connectivity index (χ0) is 7.99. The summed E-state index contributed by atoms with van der Waals surface area (Å²) in [5, 5.41) is 0.708. The molecule has 1 nitrogen and oxygen atoms in total. The van der Waals surface area contributed by atoms with Gasteiger partial charge in [0.05, 0.1) is 5.03 Å². The fourth-order valence-electron chi connectivity index (χ4n) is 1.77. The van der Waals surface area contributed by atoms with Crippen LogP contribution in [0.2, 0.25) is 38.3 Å². The van der Waals surface area contributed by atoms with E-state index in [1.165, 1.54) is 12.1 Å². The highest BCUT2D eigenvalue weighted by Crippen LogP contribution is 2.33. The highest BCUT2D eigenvalue weighted by atomic mass is 28.4. The topological polar surface area (TPSA) is 17.1 Å². The molecular formula is C7H16OSi2. The van der Waals surface area contributed by atoms with Crippen LogP contribution in [0.4, 0.5) is 4.79 Å². The summed E-state index contributed by atoms with van der Waals surface area (Å²) in [7, 11) is -2.71. The van der Waals surface area contributed by atoms with E-state index < -0.39 is 16.1 Å². The minimum absolute atomic E-state index is 0.708. The molecule has 1 fully saturated rings. The van der Waals surface area contributed by atoms with E-state index in [0.717, 1.165) is 0 Å². The first-order valence-corrected chi connectivity index (χ1v) is 10.3. The van der Waals surface area contributed by atoms with Crippen molar-refractivity contribution in [1.82, 2.24) is 0 Å². The van der Waals surface area contributed by atoms with Gasteiger partial charge in [0.1, 0.15) is 16.1 Å². The van der Waals surface area contributed by atoms with Gasteiger partial charge in [0.25, 0.3) is 0 Å². The predicted octanol–water partition coefficient (Wildman–Crippen LogP) is 2.70. The average Bonchev–Trinajstić information content (AvgIpc) is 1.95. The van der Waals surface area contributed by atoms with E-state index in [9.17, 15) is 4.79 Å². The maximum atomic E-state index is 11.7. The van der Waals surface area contributed by atoms with Gasteiger partial charge in [-0.2, -0.15) is 0 Å². The summed E-state index contributed by atoms with van der Waals surface area (Å²) >= 11 is 0. The maximum Gasteiger partial charge on any atom is 0.120 e. The average molecular weight is 172 g/mol. The molecule has 1 rings (SSSR count). The molecule has 0 aromatic carbocycles. The summed E-state index contributed by atoms with van der Waals surface area (Å²) in [6.07, 6.45) is 0. The minimum atomic E-state index is -1.36. The molecule has 0 atom stereocenters. The SMILES string of the molecule is C[Si]1(C)CC[Si](C)(C)C1=O. The molecule has 1 aliphatic heterocycles. The third-order valence-corrected chi connectivity index (χ3v) is 12.6. The molecule has 0 amide bonds. The molecule has 0 bridgehead atoms. The molecule has 0 aromatic heterocycles. The summed E-state index contributed by atoms with van der Waals surface area (Å²) in [6.45, 7) is 8.88. The van der Waals surface area contributed by atoms with E-state index in [1.54, 1.807) is 0 Å². The lowest BCUT2D eigenvalue weighted by Crippen LogP contribution is -2.42. The molecule has 58 valence electrons. The molecule has 0 spiro atoms. The molecule has 1 heterocycles. The van der Waals surface area contributed by atoms with Crippen molar-refractivity contribution in [1.29, 1.82) is 0 Å². The third-order valence-electron chi connectivity index (χ3n) is 2.60. The normalized spacial score (nSPS) is 29.0. The minimum Gasteiger partial charge on any atom is -0.311 e. The molecule has 0 N–H and O–H groups in total. The highest BCUT2D eigenvalue weighted by Gasteiger charge is 2.48. The lowest BCUT2D eigenvalue weighted by molar-refractivity contribution is 0.272. The molecule has 3 heteroatoms. The van der Waals surface area contributed by atoms with Crippen molar-refractivity contribution in [2.24, 2.45) is 0 Å². The van der Waals surface area contributed by atoms with Crippen LogP contribution in [0.1, 0.15) is 0 Å². The Morgan fingerprint density at radius 2 is 1.30 bits per heavy atom. The second kappa shape index (κ2) is 2.04. The van der Waals surface area contributed by atoms with Crippen LogP contribution in [0, 0.1) is 0 Å². The van der Waals surface area contributed by atoms with E-state index >= 15 is 0 Å². The first-order valence-electron chi connectivity index (χ1n) is 3.91. The van der Waals surface area contributed by atoms with Crippen LogP contribution in [-0.2, 0) is 0 Å². The monoisotopic (exact) mass is 172 g/mol. The van der Waals surface area contributed by atoms with Crippen LogP contribution >= 0.6 is 0 Å². The molecule has 10 heavy (non-hydrogen) atoms. The molecule has 0 unspecified atom stereocenters. The van der Waals surface area contributed by atoms with Gasteiger partial charge in [-0.25, -0.2) is 0 Å². The van der Waals surface area contributed by atoms with E-state index in [1.807, 2.05) is 0 Å². The summed E-state index contributed by atoms with van der Waals surface area (Å²) in [5.41, 5.74) is 0. The summed E-state index contributed by atoms with van der Waals surface area (Å²) in [4.78, 5) is 11.7. The second-order valence-electron chi connectivity index (χ2n) is 4.60. The molecule has 0 radical (unpaired) electrons. The van der Waals surface area contributed by atoms with Gasteiger partial charge in [0.2, 0.25) is 0 Å². The van der Waals surface area contributed by atoms with Gasteiger partial charge < -0.3 is 4.79 Å². The standard InChI is InChI=1S/C7H16OSi2/c1-9(2)5-6-10(3,4)7(9)8/h5-6H2,1-4H3. The number of carbonyl (C=O) groups excluding carboxylic acids is 1. The molecule has 1 aliphatic rings. The lowest BCUT2D eigenvalue weighted by atomic mass is 10.9. The Labute approximate surface area is 64.8 Å². The van der Waals surface area contributed by atoms with Crippen LogP contribution in [0.15, 0.2) is 0 Å². The van der Waals surface area contributed by atoms with Crippen molar-refractivity contribution in [3.63, 3.8) is 0 Å². The van der Waals surface area contributed by atoms with Gasteiger partial charge in [0, 0.05) is 0 Å². The summed E-state index contributed by atoms with van der Waals surface area (Å²) in [5.74, 6) is 0. The van der Waals surface area contributed by atoms with Gasteiger partial charge >= 0.3 is 0 Å². The van der Waals surface area contributed by atoms with E-state index in [4.69, 9.17) is 0 Å². The molecular weight excluding hydrogens is 156 g/mol. The summed E-state index contributed by atoms with van der Waals surface area (Å²) < 4.78 is 0. The number of hydrogen-bond donors (Lipinski definition) is 0. The van der Waals surface area contributed by atoms with Gasteiger partial charge in [-0.1, -0.05) is 38.3 Å². The van der Waals surface area contributed by atoms with E-state index in [0.29, 0.717) is 5.03 Å². The van der Waals surface area contributed by atoms with Gasteiger partial charge in [-0.15, -0.1) is 0 Å². The van der Waals surface area contributed by atoms with Crippen molar-refractivity contribution in [2.45, 2.75) is 38.3 Å². The second-order valence-corrected chi connectivity index (χ2v) is 14.5. The van der Waals surface area contributed by atoms with Crippen LogP contribution in [0.25, 0.3) is 0 Å². The highest BCUT2D eigenvalue weighted by molar-refractivity contribution is 7.35. The van der Waals surface area contributed by atoms with Crippen LogP contribution in [0.3, 0.4) is 0 Å². The van der Waals surface area contributed by atoms with Crippen molar-refractivity contribution in [2.75, 3.05) is 0 Å². The molecule has 1 saturated heterocycles. The van der Waals surface area contributed by atoms with Crippen LogP contribution in [0.5, 0.6) is 0 Å². The first kappa shape index (κ1) is 8.20. The Morgan fingerprint density at radius 1 is 1.00 bits per heavy atom. The predicted molar refractivity (Wildman–Crippen MR) is 50.0 cm³/mol. The van der Waals surface area contributed by atoms with Crippen molar-refractivity contribution >= 4 is 21.2 Å².